The molecule has 0 aliphatic heterocycles. The maximum Gasteiger partial charge on any atom is 0.310 e. The minimum atomic E-state index is -0.871. The van der Waals surface area contributed by atoms with E-state index < -0.39 is 11.9 Å². The monoisotopic (exact) mass is 301 g/mol. The van der Waals surface area contributed by atoms with Gasteiger partial charge in [-0.05, 0) is 36.8 Å². The van der Waals surface area contributed by atoms with Gasteiger partial charge in [-0.25, -0.2) is 4.98 Å². The molecule has 0 unspecified atom stereocenters. The first kappa shape index (κ1) is 13.6. The quantitative estimate of drug-likeness (QED) is 0.781. The fourth-order valence-electron chi connectivity index (χ4n) is 2.11. The van der Waals surface area contributed by atoms with E-state index in [1.165, 1.54) is 0 Å². The van der Waals surface area contributed by atoms with Gasteiger partial charge in [0.15, 0.2) is 5.58 Å². The Balaban J connectivity index is 2.09. The molecule has 0 aliphatic rings. The van der Waals surface area contributed by atoms with Crippen molar-refractivity contribution < 1.29 is 14.3 Å². The summed E-state index contributed by atoms with van der Waals surface area (Å²) in [6.45, 7) is 1.64. The zero-order valence-electron chi connectivity index (χ0n) is 11.2. The van der Waals surface area contributed by atoms with Gasteiger partial charge in [-0.2, -0.15) is 0 Å². The maximum absolute atomic E-state index is 11.0. The highest BCUT2D eigenvalue weighted by molar-refractivity contribution is 6.33. The van der Waals surface area contributed by atoms with Gasteiger partial charge in [0.2, 0.25) is 5.89 Å². The molecule has 1 aromatic heterocycles. The van der Waals surface area contributed by atoms with Gasteiger partial charge < -0.3 is 9.52 Å². The van der Waals surface area contributed by atoms with Crippen LogP contribution in [-0.4, -0.2) is 16.1 Å². The number of carbonyl (C=O) groups is 1. The number of nitrogens with zero attached hydrogens (tertiary/aromatic N) is 1. The summed E-state index contributed by atoms with van der Waals surface area (Å²) in [5.41, 5.74) is 2.62. The Labute approximate surface area is 126 Å². The maximum atomic E-state index is 11.0. The molecule has 3 aromatic rings. The first-order valence-corrected chi connectivity index (χ1v) is 6.82. The summed E-state index contributed by atoms with van der Waals surface area (Å²) in [6, 6.07) is 12.5. The molecule has 0 spiro atoms. The lowest BCUT2D eigenvalue weighted by molar-refractivity contribution is -0.138. The molecule has 1 N–H and O–H groups in total. The lowest BCUT2D eigenvalue weighted by atomic mass is 10.0. The van der Waals surface area contributed by atoms with Gasteiger partial charge in [-0.15, -0.1) is 0 Å². The Bertz CT molecular complexity index is 825. The molecule has 5 heteroatoms. The van der Waals surface area contributed by atoms with E-state index in [9.17, 15) is 4.79 Å². The first-order valence-electron chi connectivity index (χ1n) is 6.44. The Kier molecular flexibility index (Phi) is 3.39. The Morgan fingerprint density at radius 2 is 2.05 bits per heavy atom. The number of hydrogen-bond donors (Lipinski definition) is 1. The average Bonchev–Trinajstić information content (AvgIpc) is 2.89. The molecule has 2 aromatic carbocycles. The second kappa shape index (κ2) is 5.22. The number of fused-ring (bicyclic) bond motifs is 1. The van der Waals surface area contributed by atoms with Crippen LogP contribution in [0.1, 0.15) is 18.4 Å². The van der Waals surface area contributed by atoms with Crippen LogP contribution < -0.4 is 0 Å². The normalized spacial score (nSPS) is 12.5. The Morgan fingerprint density at radius 1 is 1.29 bits per heavy atom. The van der Waals surface area contributed by atoms with Crippen LogP contribution in [0.3, 0.4) is 0 Å². The lowest BCUT2D eigenvalue weighted by Crippen LogP contribution is -2.06. The van der Waals surface area contributed by atoms with E-state index in [1.807, 2.05) is 18.2 Å². The standard InChI is InChI=1S/C16H12ClNO3/c1-9(16(19)20)10-6-7-14-13(8-10)18-15(21-14)11-4-2-3-5-12(11)17/h2-9H,1H3,(H,19,20)/t9-/m0/s1. The van der Waals surface area contributed by atoms with Crippen LogP contribution >= 0.6 is 11.6 Å². The van der Waals surface area contributed by atoms with Gasteiger partial charge in [0.1, 0.15) is 5.52 Å². The predicted molar refractivity (Wildman–Crippen MR) is 80.5 cm³/mol. The number of halogens is 1. The number of aliphatic carboxylic acids is 1. The van der Waals surface area contributed by atoms with Gasteiger partial charge in [0.05, 0.1) is 16.5 Å². The van der Waals surface area contributed by atoms with Crippen molar-refractivity contribution in [2.45, 2.75) is 12.8 Å². The van der Waals surface area contributed by atoms with E-state index in [1.54, 1.807) is 31.2 Å². The number of carboxylic acids is 1. The average molecular weight is 302 g/mol. The second-order valence-electron chi connectivity index (χ2n) is 4.79. The third-order valence-electron chi connectivity index (χ3n) is 3.39. The zero-order valence-corrected chi connectivity index (χ0v) is 12.0. The molecule has 1 heterocycles. The van der Waals surface area contributed by atoms with Crippen molar-refractivity contribution in [1.29, 1.82) is 0 Å². The van der Waals surface area contributed by atoms with Crippen molar-refractivity contribution in [2.75, 3.05) is 0 Å². The van der Waals surface area contributed by atoms with Crippen molar-refractivity contribution in [1.82, 2.24) is 4.98 Å². The van der Waals surface area contributed by atoms with Crippen LogP contribution in [0.2, 0.25) is 5.02 Å². The Morgan fingerprint density at radius 3 is 2.76 bits per heavy atom. The van der Waals surface area contributed by atoms with Crippen LogP contribution in [0.4, 0.5) is 0 Å². The van der Waals surface area contributed by atoms with Gasteiger partial charge in [0, 0.05) is 0 Å². The van der Waals surface area contributed by atoms with Gasteiger partial charge in [-0.3, -0.25) is 4.79 Å². The fraction of sp³-hybridized carbons (Fsp3) is 0.125. The molecule has 21 heavy (non-hydrogen) atoms. The van der Waals surface area contributed by atoms with Gasteiger partial charge in [0.25, 0.3) is 0 Å². The van der Waals surface area contributed by atoms with E-state index in [0.717, 1.165) is 0 Å². The van der Waals surface area contributed by atoms with E-state index in [2.05, 4.69) is 4.98 Å². The fourth-order valence-corrected chi connectivity index (χ4v) is 2.32. The summed E-state index contributed by atoms with van der Waals surface area (Å²) in [5, 5.41) is 9.62. The van der Waals surface area contributed by atoms with E-state index in [0.29, 0.717) is 33.1 Å². The SMILES string of the molecule is C[C@H](C(=O)O)c1ccc2oc(-c3ccccc3Cl)nc2c1. The molecule has 106 valence electrons. The molecule has 4 nitrogen and oxygen atoms in total. The molecular formula is C16H12ClNO3. The summed E-state index contributed by atoms with van der Waals surface area (Å²) in [6.07, 6.45) is 0. The minimum absolute atomic E-state index is 0.427. The molecule has 0 saturated heterocycles. The van der Waals surface area contributed by atoms with Crippen molar-refractivity contribution in [3.63, 3.8) is 0 Å². The van der Waals surface area contributed by atoms with Crippen LogP contribution in [0.25, 0.3) is 22.6 Å². The van der Waals surface area contributed by atoms with Crippen LogP contribution in [-0.2, 0) is 4.79 Å². The van der Waals surface area contributed by atoms with E-state index in [-0.39, 0.29) is 0 Å². The van der Waals surface area contributed by atoms with Crippen molar-refractivity contribution in [3.8, 4) is 11.5 Å². The molecule has 0 amide bonds. The topological polar surface area (TPSA) is 63.3 Å². The number of rotatable bonds is 3. The summed E-state index contributed by atoms with van der Waals surface area (Å²) in [4.78, 5) is 15.4. The van der Waals surface area contributed by atoms with Gasteiger partial charge in [-0.1, -0.05) is 29.8 Å². The number of benzene rings is 2. The molecule has 0 radical (unpaired) electrons. The number of carboxylic acid groups (broad SMARTS) is 1. The summed E-state index contributed by atoms with van der Waals surface area (Å²) < 4.78 is 5.69. The van der Waals surface area contributed by atoms with Crippen molar-refractivity contribution in [3.05, 3.63) is 53.1 Å². The van der Waals surface area contributed by atoms with Crippen molar-refractivity contribution in [2.24, 2.45) is 0 Å². The molecule has 0 bridgehead atoms. The highest BCUT2D eigenvalue weighted by atomic mass is 35.5. The smallest absolute Gasteiger partial charge is 0.310 e. The summed E-state index contributed by atoms with van der Waals surface area (Å²) >= 11 is 6.13. The predicted octanol–water partition coefficient (Wildman–Crippen LogP) is 4.34. The van der Waals surface area contributed by atoms with Crippen LogP contribution in [0.5, 0.6) is 0 Å². The van der Waals surface area contributed by atoms with Crippen molar-refractivity contribution >= 4 is 28.7 Å². The number of hydrogen-bond acceptors (Lipinski definition) is 3. The Hall–Kier alpha value is -2.33. The highest BCUT2D eigenvalue weighted by Gasteiger charge is 2.16. The van der Waals surface area contributed by atoms with Gasteiger partial charge >= 0.3 is 5.97 Å². The molecule has 0 fully saturated rings. The third kappa shape index (κ3) is 2.50. The second-order valence-corrected chi connectivity index (χ2v) is 5.19. The van der Waals surface area contributed by atoms with E-state index >= 15 is 0 Å². The lowest BCUT2D eigenvalue weighted by Gasteiger charge is -2.04. The first-order chi connectivity index (χ1) is 10.1. The van der Waals surface area contributed by atoms with E-state index in [4.69, 9.17) is 21.1 Å². The highest BCUT2D eigenvalue weighted by Crippen LogP contribution is 2.30. The molecule has 0 saturated carbocycles. The molecule has 1 atom stereocenters. The van der Waals surface area contributed by atoms with Crippen LogP contribution in [0.15, 0.2) is 46.9 Å². The third-order valence-corrected chi connectivity index (χ3v) is 3.72. The molecular weight excluding hydrogens is 290 g/mol. The largest absolute Gasteiger partial charge is 0.481 e. The number of oxazole rings is 1. The summed E-state index contributed by atoms with van der Waals surface area (Å²) in [7, 11) is 0. The summed E-state index contributed by atoms with van der Waals surface area (Å²) in [5.74, 6) is -1.03. The van der Waals surface area contributed by atoms with Crippen LogP contribution in [0, 0.1) is 0 Å². The molecule has 0 aliphatic carbocycles. The molecule has 3 rings (SSSR count). The zero-order chi connectivity index (χ0) is 15.0. The minimum Gasteiger partial charge on any atom is -0.481 e. The number of aromatic nitrogens is 1.